The lowest BCUT2D eigenvalue weighted by molar-refractivity contribution is -0.140. The van der Waals surface area contributed by atoms with Crippen LogP contribution in [0.4, 0.5) is 13.6 Å². The van der Waals surface area contributed by atoms with Gasteiger partial charge in [0.1, 0.15) is 5.75 Å². The number of amides is 5. The molecule has 0 unspecified atom stereocenters. The number of likely N-dealkylation sites (tertiary alicyclic amines) is 1. The van der Waals surface area contributed by atoms with Gasteiger partial charge in [-0.2, -0.15) is 8.78 Å². The van der Waals surface area contributed by atoms with Crippen LogP contribution in [0, 0.1) is 11.8 Å². The van der Waals surface area contributed by atoms with Gasteiger partial charge < -0.3 is 10.1 Å². The molecule has 2 heterocycles. The Bertz CT molecular complexity index is 1110. The van der Waals surface area contributed by atoms with Crippen molar-refractivity contribution in [3.63, 3.8) is 0 Å². The molecule has 9 nitrogen and oxygen atoms in total. The number of imide groups is 2. The maximum absolute atomic E-state index is 12.6. The second kappa shape index (κ2) is 11.0. The fourth-order valence-electron chi connectivity index (χ4n) is 4.29. The first-order valence-electron chi connectivity index (χ1n) is 11.3. The largest absolute Gasteiger partial charge is 0.435 e. The number of carbonyl (C=O) groups is 5. The van der Waals surface area contributed by atoms with Gasteiger partial charge in [-0.1, -0.05) is 24.3 Å². The van der Waals surface area contributed by atoms with Crippen molar-refractivity contribution >= 4 is 46.7 Å². The third-order valence-corrected chi connectivity index (χ3v) is 7.00. The molecule has 4 rings (SSSR count). The molecule has 2 saturated heterocycles. The number of benzene rings is 1. The van der Waals surface area contributed by atoms with E-state index in [1.807, 2.05) is 12.2 Å². The Kier molecular flexibility index (Phi) is 7.82. The van der Waals surface area contributed by atoms with Gasteiger partial charge in [0.25, 0.3) is 11.1 Å². The van der Waals surface area contributed by atoms with Crippen molar-refractivity contribution in [3.8, 4) is 5.75 Å². The van der Waals surface area contributed by atoms with Gasteiger partial charge in [0, 0.05) is 26.1 Å². The summed E-state index contributed by atoms with van der Waals surface area (Å²) in [4.78, 5) is 64.3. The van der Waals surface area contributed by atoms with E-state index in [1.165, 1.54) is 30.3 Å². The summed E-state index contributed by atoms with van der Waals surface area (Å²) in [6, 6.07) is 5.61. The van der Waals surface area contributed by atoms with Crippen LogP contribution in [-0.2, 0) is 19.2 Å². The van der Waals surface area contributed by atoms with Crippen LogP contribution in [0.5, 0.6) is 5.75 Å². The zero-order valence-corrected chi connectivity index (χ0v) is 19.8. The predicted molar refractivity (Wildman–Crippen MR) is 125 cm³/mol. The Hall–Kier alpha value is -3.54. The van der Waals surface area contributed by atoms with Gasteiger partial charge in [-0.3, -0.25) is 33.8 Å². The van der Waals surface area contributed by atoms with Crippen molar-refractivity contribution < 1.29 is 37.5 Å². The number of hydrogen-bond donors (Lipinski definition) is 1. The summed E-state index contributed by atoms with van der Waals surface area (Å²) in [5, 5.41) is 2.11. The van der Waals surface area contributed by atoms with E-state index in [0.29, 0.717) is 18.4 Å². The molecule has 2 aliphatic heterocycles. The molecule has 12 heteroatoms. The van der Waals surface area contributed by atoms with Gasteiger partial charge in [-0.15, -0.1) is 0 Å². The molecule has 2 fully saturated rings. The van der Waals surface area contributed by atoms with E-state index in [9.17, 15) is 32.8 Å². The summed E-state index contributed by atoms with van der Waals surface area (Å²) in [6.45, 7) is -2.99. The van der Waals surface area contributed by atoms with Crippen LogP contribution in [0.25, 0.3) is 6.08 Å². The van der Waals surface area contributed by atoms with Crippen LogP contribution in [0.15, 0.2) is 41.3 Å². The molecule has 1 aliphatic carbocycles. The van der Waals surface area contributed by atoms with E-state index < -0.39 is 23.7 Å². The van der Waals surface area contributed by atoms with Crippen LogP contribution in [0.3, 0.4) is 0 Å². The van der Waals surface area contributed by atoms with Gasteiger partial charge in [0.2, 0.25) is 17.7 Å². The molecule has 0 aromatic heterocycles. The molecule has 0 radical (unpaired) electrons. The Morgan fingerprint density at radius 3 is 2.28 bits per heavy atom. The lowest BCUT2D eigenvalue weighted by atomic mass is 9.85. The van der Waals surface area contributed by atoms with Crippen LogP contribution < -0.4 is 10.1 Å². The SMILES string of the molecule is O=C(CCN1C(=O)[C@@H]2CC=CC[C@H]2C1=O)NCCN1C(=O)S/C(=C\c2ccc(OC(F)F)cc2)C1=O. The maximum atomic E-state index is 12.6. The molecule has 190 valence electrons. The summed E-state index contributed by atoms with van der Waals surface area (Å²) < 4.78 is 28.8. The Balaban J connectivity index is 1.23. The van der Waals surface area contributed by atoms with E-state index in [0.717, 1.165) is 21.6 Å². The number of allylic oxidation sites excluding steroid dienone is 2. The fourth-order valence-corrected chi connectivity index (χ4v) is 5.15. The van der Waals surface area contributed by atoms with Gasteiger partial charge in [-0.05, 0) is 48.4 Å². The van der Waals surface area contributed by atoms with Crippen molar-refractivity contribution in [2.24, 2.45) is 11.8 Å². The second-order valence-electron chi connectivity index (χ2n) is 8.36. The first-order valence-corrected chi connectivity index (χ1v) is 12.1. The molecule has 1 N–H and O–H groups in total. The summed E-state index contributed by atoms with van der Waals surface area (Å²) >= 11 is 0.735. The summed E-state index contributed by atoms with van der Waals surface area (Å²) in [5.74, 6) is -2.15. The number of nitrogens with one attached hydrogen (secondary N) is 1. The van der Waals surface area contributed by atoms with Crippen LogP contribution in [0.2, 0.25) is 0 Å². The Morgan fingerprint density at radius 2 is 1.67 bits per heavy atom. The number of halogens is 2. The average Bonchev–Trinajstić information content (AvgIpc) is 3.25. The van der Waals surface area contributed by atoms with Crippen molar-refractivity contribution in [2.45, 2.75) is 25.9 Å². The molecule has 36 heavy (non-hydrogen) atoms. The number of alkyl halides is 2. The molecule has 3 aliphatic rings. The van der Waals surface area contributed by atoms with Gasteiger partial charge in [0.05, 0.1) is 16.7 Å². The molecule has 0 bridgehead atoms. The zero-order valence-electron chi connectivity index (χ0n) is 19.0. The third-order valence-electron chi connectivity index (χ3n) is 6.10. The molecule has 0 spiro atoms. The third kappa shape index (κ3) is 5.64. The minimum atomic E-state index is -2.94. The standard InChI is InChI=1S/C24H23F2N3O6S/c25-23(26)35-15-7-5-14(6-8-15)13-18-22(33)29(24(34)36-18)12-10-27-19(30)9-11-28-20(31)16-3-1-2-4-17(16)21(28)32/h1-2,5-8,13,16-17,23H,3-4,9-12H2,(H,27,30)/b18-13-/t16-,17-/m1/s1. The van der Waals surface area contributed by atoms with E-state index in [4.69, 9.17) is 0 Å². The molecular weight excluding hydrogens is 496 g/mol. The van der Waals surface area contributed by atoms with Gasteiger partial charge in [0.15, 0.2) is 0 Å². The smallest absolute Gasteiger partial charge is 0.387 e. The topological polar surface area (TPSA) is 113 Å². The number of carbonyl (C=O) groups excluding carboxylic acids is 5. The van der Waals surface area contributed by atoms with E-state index >= 15 is 0 Å². The summed E-state index contributed by atoms with van der Waals surface area (Å²) in [6.07, 6.45) is 6.24. The molecule has 1 aromatic rings. The van der Waals surface area contributed by atoms with E-state index in [-0.39, 0.29) is 60.4 Å². The fraction of sp³-hybridized carbons (Fsp3) is 0.375. The minimum Gasteiger partial charge on any atom is -0.435 e. The molecule has 1 aromatic carbocycles. The number of nitrogens with zero attached hydrogens (tertiary/aromatic N) is 2. The highest BCUT2D eigenvalue weighted by Gasteiger charge is 2.46. The lowest BCUT2D eigenvalue weighted by Crippen LogP contribution is -2.39. The van der Waals surface area contributed by atoms with Gasteiger partial charge >= 0.3 is 6.61 Å². The summed E-state index contributed by atoms with van der Waals surface area (Å²) in [7, 11) is 0. The number of ether oxygens (including phenoxy) is 1. The predicted octanol–water partition coefficient (Wildman–Crippen LogP) is 2.78. The summed E-state index contributed by atoms with van der Waals surface area (Å²) in [5.41, 5.74) is 0.525. The molecule has 0 saturated carbocycles. The van der Waals surface area contributed by atoms with Crippen LogP contribution in [-0.4, -0.2) is 64.9 Å². The monoisotopic (exact) mass is 519 g/mol. The number of rotatable bonds is 9. The maximum Gasteiger partial charge on any atom is 0.387 e. The quantitative estimate of drug-likeness (QED) is 0.303. The average molecular weight is 520 g/mol. The zero-order chi connectivity index (χ0) is 25.8. The first kappa shape index (κ1) is 25.5. The van der Waals surface area contributed by atoms with E-state index in [2.05, 4.69) is 10.1 Å². The number of hydrogen-bond acceptors (Lipinski definition) is 7. The first-order chi connectivity index (χ1) is 17.2. The molecule has 5 amide bonds. The highest BCUT2D eigenvalue weighted by molar-refractivity contribution is 8.18. The van der Waals surface area contributed by atoms with Crippen LogP contribution >= 0.6 is 11.8 Å². The Morgan fingerprint density at radius 1 is 1.03 bits per heavy atom. The minimum absolute atomic E-state index is 0.0119. The van der Waals surface area contributed by atoms with Crippen LogP contribution in [0.1, 0.15) is 24.8 Å². The van der Waals surface area contributed by atoms with Crippen molar-refractivity contribution in [2.75, 3.05) is 19.6 Å². The molecular formula is C24H23F2N3O6S. The Labute approximate surface area is 209 Å². The van der Waals surface area contributed by atoms with Crippen molar-refractivity contribution in [1.29, 1.82) is 0 Å². The highest BCUT2D eigenvalue weighted by Crippen LogP contribution is 2.35. The van der Waals surface area contributed by atoms with Crippen molar-refractivity contribution in [3.05, 3.63) is 46.9 Å². The van der Waals surface area contributed by atoms with E-state index in [1.54, 1.807) is 0 Å². The number of fused-ring (bicyclic) bond motifs is 1. The van der Waals surface area contributed by atoms with Crippen molar-refractivity contribution in [1.82, 2.24) is 15.1 Å². The number of thioether (sulfide) groups is 1. The van der Waals surface area contributed by atoms with Gasteiger partial charge in [-0.25, -0.2) is 0 Å². The second-order valence-corrected chi connectivity index (χ2v) is 9.36. The molecule has 2 atom stereocenters. The highest BCUT2D eigenvalue weighted by atomic mass is 32.2. The lowest BCUT2D eigenvalue weighted by Gasteiger charge is -2.15. The normalized spacial score (nSPS) is 22.7.